The largest absolute Gasteiger partial charge is 0.396 e. The van der Waals surface area contributed by atoms with Crippen LogP contribution >= 0.6 is 0 Å². The van der Waals surface area contributed by atoms with Gasteiger partial charge in [0.15, 0.2) is 0 Å². The summed E-state index contributed by atoms with van der Waals surface area (Å²) in [5, 5.41) is 11.9. The summed E-state index contributed by atoms with van der Waals surface area (Å²) < 4.78 is 0. The monoisotopic (exact) mass is 287 g/mol. The number of fused-ring (bicyclic) bond motifs is 1. The van der Waals surface area contributed by atoms with Crippen molar-refractivity contribution in [2.75, 3.05) is 18.2 Å². The summed E-state index contributed by atoms with van der Waals surface area (Å²) in [7, 11) is 0. The zero-order valence-corrected chi connectivity index (χ0v) is 12.7. The van der Waals surface area contributed by atoms with Crippen LogP contribution in [0.3, 0.4) is 0 Å². The molecule has 4 nitrogen and oxygen atoms in total. The molecule has 4 heteroatoms. The quantitative estimate of drug-likeness (QED) is 0.578. The average Bonchev–Trinajstić information content (AvgIpc) is 2.53. The standard InChI is InChI=1S/C17H25N3O/c1-2-14(10-13-21)6-5-12-20(18)17-9-11-19-16-8-4-3-7-15(16)17/h3-4,7-9,11,14,21H,2,5-6,10,12-13,18H2,1H3. The molecule has 2 aromatic rings. The minimum absolute atomic E-state index is 0.278. The third-order valence-corrected chi connectivity index (χ3v) is 4.06. The molecular formula is C17H25N3O. The Hall–Kier alpha value is -1.65. The van der Waals surface area contributed by atoms with Crippen LogP contribution in [-0.2, 0) is 0 Å². The van der Waals surface area contributed by atoms with Gasteiger partial charge in [-0.05, 0) is 37.3 Å². The number of nitrogens with two attached hydrogens (primary N) is 1. The van der Waals surface area contributed by atoms with Gasteiger partial charge in [-0.1, -0.05) is 31.5 Å². The highest BCUT2D eigenvalue weighted by molar-refractivity contribution is 5.91. The predicted molar refractivity (Wildman–Crippen MR) is 88.0 cm³/mol. The molecule has 0 bridgehead atoms. The molecule has 1 aromatic carbocycles. The minimum atomic E-state index is 0.278. The van der Waals surface area contributed by atoms with Crippen LogP contribution in [0.4, 0.5) is 5.69 Å². The van der Waals surface area contributed by atoms with Gasteiger partial charge in [0, 0.05) is 24.7 Å². The Morgan fingerprint density at radius 3 is 2.81 bits per heavy atom. The Kier molecular flexibility index (Phi) is 5.96. The van der Waals surface area contributed by atoms with Gasteiger partial charge in [0.1, 0.15) is 0 Å². The van der Waals surface area contributed by atoms with E-state index in [1.807, 2.05) is 29.3 Å². The van der Waals surface area contributed by atoms with Crippen LogP contribution in [0.1, 0.15) is 32.6 Å². The van der Waals surface area contributed by atoms with Crippen molar-refractivity contribution in [3.8, 4) is 0 Å². The number of aliphatic hydroxyl groups is 1. The van der Waals surface area contributed by atoms with E-state index in [1.165, 1.54) is 0 Å². The Bertz CT molecular complexity index is 553. The lowest BCUT2D eigenvalue weighted by Gasteiger charge is -2.21. The lowest BCUT2D eigenvalue weighted by atomic mass is 9.97. The summed E-state index contributed by atoms with van der Waals surface area (Å²) in [6.45, 7) is 3.27. The number of benzene rings is 1. The van der Waals surface area contributed by atoms with Crippen molar-refractivity contribution in [2.24, 2.45) is 11.8 Å². The fourth-order valence-corrected chi connectivity index (χ4v) is 2.74. The first-order valence-electron chi connectivity index (χ1n) is 7.73. The number of hydrogen-bond donors (Lipinski definition) is 2. The van der Waals surface area contributed by atoms with Gasteiger partial charge < -0.3 is 10.1 Å². The molecule has 1 unspecified atom stereocenters. The first kappa shape index (κ1) is 15.7. The van der Waals surface area contributed by atoms with E-state index >= 15 is 0 Å². The first-order chi connectivity index (χ1) is 10.3. The van der Waals surface area contributed by atoms with Gasteiger partial charge in [-0.3, -0.25) is 4.98 Å². The van der Waals surface area contributed by atoms with Crippen LogP contribution in [0.25, 0.3) is 10.9 Å². The molecule has 1 atom stereocenters. The van der Waals surface area contributed by atoms with Gasteiger partial charge in [-0.2, -0.15) is 0 Å². The molecule has 114 valence electrons. The summed E-state index contributed by atoms with van der Waals surface area (Å²) in [5.74, 6) is 6.81. The molecule has 0 aliphatic heterocycles. The topological polar surface area (TPSA) is 62.4 Å². The molecule has 0 saturated carbocycles. The van der Waals surface area contributed by atoms with E-state index in [1.54, 1.807) is 6.20 Å². The van der Waals surface area contributed by atoms with Crippen LogP contribution < -0.4 is 10.9 Å². The number of rotatable bonds is 8. The van der Waals surface area contributed by atoms with Gasteiger partial charge in [0.05, 0.1) is 11.2 Å². The van der Waals surface area contributed by atoms with Crippen molar-refractivity contribution >= 4 is 16.6 Å². The van der Waals surface area contributed by atoms with Crippen LogP contribution in [0.2, 0.25) is 0 Å². The van der Waals surface area contributed by atoms with E-state index in [9.17, 15) is 0 Å². The normalized spacial score (nSPS) is 12.5. The highest BCUT2D eigenvalue weighted by atomic mass is 16.3. The molecule has 0 amide bonds. The molecule has 0 fully saturated rings. The first-order valence-corrected chi connectivity index (χ1v) is 7.73. The molecule has 1 aromatic heterocycles. The highest BCUT2D eigenvalue weighted by Gasteiger charge is 2.09. The second-order valence-electron chi connectivity index (χ2n) is 5.47. The number of nitrogens with zero attached hydrogens (tertiary/aromatic N) is 2. The molecule has 0 aliphatic carbocycles. The maximum atomic E-state index is 9.03. The fraction of sp³-hybridized carbons (Fsp3) is 0.471. The van der Waals surface area contributed by atoms with E-state index in [0.29, 0.717) is 5.92 Å². The Morgan fingerprint density at radius 1 is 1.24 bits per heavy atom. The van der Waals surface area contributed by atoms with Crippen molar-refractivity contribution in [3.05, 3.63) is 36.5 Å². The van der Waals surface area contributed by atoms with Crippen LogP contribution in [0.15, 0.2) is 36.5 Å². The summed E-state index contributed by atoms with van der Waals surface area (Å²) in [5.41, 5.74) is 1.99. The molecule has 0 saturated heterocycles. The van der Waals surface area contributed by atoms with Crippen LogP contribution in [0.5, 0.6) is 0 Å². The number of pyridine rings is 1. The number of aromatic nitrogens is 1. The van der Waals surface area contributed by atoms with Crippen molar-refractivity contribution in [1.29, 1.82) is 0 Å². The van der Waals surface area contributed by atoms with Gasteiger partial charge in [0.2, 0.25) is 0 Å². The number of aliphatic hydroxyl groups excluding tert-OH is 1. The Balaban J connectivity index is 1.97. The predicted octanol–water partition coefficient (Wildman–Crippen LogP) is 3.10. The molecular weight excluding hydrogens is 262 g/mol. The Morgan fingerprint density at radius 2 is 2.05 bits per heavy atom. The SMILES string of the molecule is CCC(CCO)CCCN(N)c1ccnc2ccccc12. The second-order valence-corrected chi connectivity index (χ2v) is 5.47. The van der Waals surface area contributed by atoms with E-state index in [-0.39, 0.29) is 6.61 Å². The smallest absolute Gasteiger partial charge is 0.0723 e. The molecule has 3 N–H and O–H groups in total. The summed E-state index contributed by atoms with van der Waals surface area (Å²) in [4.78, 5) is 4.36. The van der Waals surface area contributed by atoms with Gasteiger partial charge >= 0.3 is 0 Å². The van der Waals surface area contributed by atoms with Crippen molar-refractivity contribution in [3.63, 3.8) is 0 Å². The van der Waals surface area contributed by atoms with E-state index in [4.69, 9.17) is 10.9 Å². The fourth-order valence-electron chi connectivity index (χ4n) is 2.74. The highest BCUT2D eigenvalue weighted by Crippen LogP contribution is 2.24. The average molecular weight is 287 g/mol. The summed E-state index contributed by atoms with van der Waals surface area (Å²) >= 11 is 0. The molecule has 1 heterocycles. The number of hydrogen-bond acceptors (Lipinski definition) is 4. The van der Waals surface area contributed by atoms with E-state index in [2.05, 4.69) is 18.0 Å². The van der Waals surface area contributed by atoms with Gasteiger partial charge in [-0.25, -0.2) is 5.84 Å². The minimum Gasteiger partial charge on any atom is -0.396 e. The number of hydrazine groups is 1. The maximum Gasteiger partial charge on any atom is 0.0723 e. The number of anilines is 1. The van der Waals surface area contributed by atoms with Crippen molar-refractivity contribution in [2.45, 2.75) is 32.6 Å². The third kappa shape index (κ3) is 4.16. The Labute approximate surface area is 126 Å². The maximum absolute atomic E-state index is 9.03. The lowest BCUT2D eigenvalue weighted by molar-refractivity contribution is 0.248. The van der Waals surface area contributed by atoms with Gasteiger partial charge in [0.25, 0.3) is 0 Å². The molecule has 0 spiro atoms. The second kappa shape index (κ2) is 7.96. The lowest BCUT2D eigenvalue weighted by Crippen LogP contribution is -2.32. The van der Waals surface area contributed by atoms with Gasteiger partial charge in [-0.15, -0.1) is 0 Å². The third-order valence-electron chi connectivity index (χ3n) is 4.06. The molecule has 0 aliphatic rings. The summed E-state index contributed by atoms with van der Waals surface area (Å²) in [6, 6.07) is 10.0. The zero-order chi connectivity index (χ0) is 15.1. The summed E-state index contributed by atoms with van der Waals surface area (Å²) in [6.07, 6.45) is 5.94. The van der Waals surface area contributed by atoms with Crippen molar-refractivity contribution in [1.82, 2.24) is 4.98 Å². The van der Waals surface area contributed by atoms with Crippen molar-refractivity contribution < 1.29 is 5.11 Å². The van der Waals surface area contributed by atoms with E-state index in [0.717, 1.165) is 48.8 Å². The van der Waals surface area contributed by atoms with Crippen LogP contribution in [-0.4, -0.2) is 23.2 Å². The molecule has 21 heavy (non-hydrogen) atoms. The van der Waals surface area contributed by atoms with Crippen LogP contribution in [0, 0.1) is 5.92 Å². The zero-order valence-electron chi connectivity index (χ0n) is 12.7. The molecule has 2 rings (SSSR count). The van der Waals surface area contributed by atoms with E-state index < -0.39 is 0 Å². The molecule has 0 radical (unpaired) electrons. The number of para-hydroxylation sites is 1.